The fourth-order valence-electron chi connectivity index (χ4n) is 1.93. The molecule has 1 heterocycles. The van der Waals surface area contributed by atoms with Gasteiger partial charge in [0.2, 0.25) is 0 Å². The number of fused-ring (bicyclic) bond motifs is 1. The zero-order valence-corrected chi connectivity index (χ0v) is 13.7. The number of aromatic nitrogens is 2. The van der Waals surface area contributed by atoms with Crippen LogP contribution in [0.4, 0.5) is 0 Å². The van der Waals surface area contributed by atoms with Crippen molar-refractivity contribution in [3.63, 3.8) is 0 Å². The number of ether oxygens (including phenoxy) is 1. The lowest BCUT2D eigenvalue weighted by Gasteiger charge is -2.24. The van der Waals surface area contributed by atoms with Crippen molar-refractivity contribution in [2.75, 3.05) is 12.9 Å². The predicted molar refractivity (Wildman–Crippen MR) is 84.2 cm³/mol. The minimum Gasteiger partial charge on any atom is -0.481 e. The van der Waals surface area contributed by atoms with Crippen LogP contribution >= 0.6 is 23.4 Å². The molecule has 0 spiro atoms. The molecule has 7 heteroatoms. The van der Waals surface area contributed by atoms with Gasteiger partial charge in [-0.05, 0) is 26.0 Å². The molecule has 0 aliphatic rings. The third-order valence-corrected chi connectivity index (χ3v) is 4.38. The summed E-state index contributed by atoms with van der Waals surface area (Å²) >= 11 is 7.36. The largest absolute Gasteiger partial charge is 0.481 e. The van der Waals surface area contributed by atoms with Crippen LogP contribution in [0.25, 0.3) is 11.0 Å². The Bertz CT molecular complexity index is 670. The quantitative estimate of drug-likeness (QED) is 0.824. The molecule has 0 saturated heterocycles. The molecule has 0 fully saturated rings. The van der Waals surface area contributed by atoms with Gasteiger partial charge in [-0.2, -0.15) is 0 Å². The average molecular weight is 329 g/mol. The van der Waals surface area contributed by atoms with E-state index in [1.807, 2.05) is 30.5 Å². The third kappa shape index (κ3) is 3.70. The van der Waals surface area contributed by atoms with Crippen molar-refractivity contribution in [1.82, 2.24) is 9.55 Å². The summed E-state index contributed by atoms with van der Waals surface area (Å²) in [6.07, 6.45) is 0. The number of carbonyl (C=O) groups is 1. The number of rotatable bonds is 6. The van der Waals surface area contributed by atoms with Crippen LogP contribution < -0.4 is 0 Å². The number of hydrogen-bond donors (Lipinski definition) is 1. The van der Waals surface area contributed by atoms with Crippen LogP contribution in [0.2, 0.25) is 5.02 Å². The lowest BCUT2D eigenvalue weighted by molar-refractivity contribution is -0.133. The van der Waals surface area contributed by atoms with E-state index in [0.717, 1.165) is 5.52 Å². The fourth-order valence-corrected chi connectivity index (χ4v) is 2.87. The van der Waals surface area contributed by atoms with Gasteiger partial charge in [-0.15, -0.1) is 0 Å². The fraction of sp³-hybridized carbons (Fsp3) is 0.429. The molecule has 114 valence electrons. The molecule has 0 amide bonds. The maximum Gasteiger partial charge on any atom is 0.313 e. The van der Waals surface area contributed by atoms with E-state index in [4.69, 9.17) is 21.4 Å². The maximum atomic E-state index is 10.8. The van der Waals surface area contributed by atoms with Gasteiger partial charge in [0.1, 0.15) is 5.52 Å². The molecule has 2 aromatic rings. The summed E-state index contributed by atoms with van der Waals surface area (Å²) in [5.41, 5.74) is 1.16. The number of para-hydroxylation sites is 1. The second-order valence-corrected chi connectivity index (χ2v) is 6.58. The monoisotopic (exact) mass is 328 g/mol. The van der Waals surface area contributed by atoms with E-state index >= 15 is 0 Å². The molecule has 1 aromatic carbocycles. The van der Waals surface area contributed by atoms with Crippen LogP contribution in [-0.2, 0) is 16.1 Å². The number of nitrogens with zero attached hydrogens (tertiary/aromatic N) is 2. The van der Waals surface area contributed by atoms with Crippen molar-refractivity contribution in [3.05, 3.63) is 23.2 Å². The molecule has 0 unspecified atom stereocenters. The maximum absolute atomic E-state index is 10.8. The average Bonchev–Trinajstić information content (AvgIpc) is 2.76. The molecule has 0 atom stereocenters. The van der Waals surface area contributed by atoms with E-state index in [2.05, 4.69) is 4.98 Å². The van der Waals surface area contributed by atoms with Gasteiger partial charge in [0, 0.05) is 7.11 Å². The van der Waals surface area contributed by atoms with Gasteiger partial charge in [-0.25, -0.2) is 4.98 Å². The standard InChI is InChI=1S/C14H17ClN2O3S/c1-14(2,20-3)8-17-10-6-4-5-9(15)12(10)16-13(17)21-7-11(18)19/h4-6H,7-8H2,1-3H3,(H,18,19). The van der Waals surface area contributed by atoms with Gasteiger partial charge >= 0.3 is 5.97 Å². The number of halogens is 1. The van der Waals surface area contributed by atoms with Gasteiger partial charge in [-0.1, -0.05) is 29.4 Å². The summed E-state index contributed by atoms with van der Waals surface area (Å²) in [5.74, 6) is -0.926. The van der Waals surface area contributed by atoms with E-state index in [0.29, 0.717) is 22.2 Å². The Balaban J connectivity index is 2.49. The highest BCUT2D eigenvalue weighted by atomic mass is 35.5. The molecule has 0 saturated carbocycles. The molecule has 0 bridgehead atoms. The van der Waals surface area contributed by atoms with E-state index in [9.17, 15) is 4.79 Å². The van der Waals surface area contributed by atoms with Crippen LogP contribution in [0.3, 0.4) is 0 Å². The van der Waals surface area contributed by atoms with Crippen molar-refractivity contribution in [3.8, 4) is 0 Å². The van der Waals surface area contributed by atoms with Gasteiger partial charge in [0.05, 0.1) is 28.4 Å². The molecular formula is C14H17ClN2O3S. The number of imidazole rings is 1. The molecule has 0 aliphatic heterocycles. The normalized spacial score (nSPS) is 12.0. The minimum atomic E-state index is -0.879. The van der Waals surface area contributed by atoms with Crippen LogP contribution in [0, 0.1) is 0 Å². The topological polar surface area (TPSA) is 64.3 Å². The van der Waals surface area contributed by atoms with Crippen molar-refractivity contribution < 1.29 is 14.6 Å². The first kappa shape index (κ1) is 16.1. The van der Waals surface area contributed by atoms with E-state index < -0.39 is 11.6 Å². The molecule has 5 nitrogen and oxygen atoms in total. The number of benzene rings is 1. The van der Waals surface area contributed by atoms with Crippen molar-refractivity contribution in [2.24, 2.45) is 0 Å². The summed E-state index contributed by atoms with van der Waals surface area (Å²) in [5, 5.41) is 10.0. The summed E-state index contributed by atoms with van der Waals surface area (Å²) in [6.45, 7) is 4.49. The zero-order chi connectivity index (χ0) is 15.6. The van der Waals surface area contributed by atoms with Crippen LogP contribution in [-0.4, -0.2) is 39.1 Å². The Morgan fingerprint density at radius 3 is 2.86 bits per heavy atom. The van der Waals surface area contributed by atoms with Crippen molar-refractivity contribution in [1.29, 1.82) is 0 Å². The Hall–Kier alpha value is -1.24. The molecule has 1 aromatic heterocycles. The second kappa shape index (κ2) is 6.25. The lowest BCUT2D eigenvalue weighted by atomic mass is 10.1. The summed E-state index contributed by atoms with van der Waals surface area (Å²) in [7, 11) is 1.65. The highest BCUT2D eigenvalue weighted by molar-refractivity contribution is 7.99. The molecule has 21 heavy (non-hydrogen) atoms. The second-order valence-electron chi connectivity index (χ2n) is 5.23. The van der Waals surface area contributed by atoms with Crippen LogP contribution in [0.15, 0.2) is 23.4 Å². The molecule has 0 radical (unpaired) electrons. The number of aliphatic carboxylic acids is 1. The summed E-state index contributed by atoms with van der Waals surface area (Å²) in [4.78, 5) is 15.3. The van der Waals surface area contributed by atoms with Gasteiger partial charge < -0.3 is 14.4 Å². The number of carboxylic acids is 1. The van der Waals surface area contributed by atoms with E-state index in [-0.39, 0.29) is 5.75 Å². The van der Waals surface area contributed by atoms with E-state index in [1.54, 1.807) is 13.2 Å². The smallest absolute Gasteiger partial charge is 0.313 e. The Kier molecular flexibility index (Phi) is 4.81. The SMILES string of the molecule is COC(C)(C)Cn1c(SCC(=O)O)nc2c(Cl)cccc21. The third-order valence-electron chi connectivity index (χ3n) is 3.11. The van der Waals surface area contributed by atoms with Gasteiger partial charge in [0.15, 0.2) is 5.16 Å². The first-order valence-corrected chi connectivity index (χ1v) is 7.75. The molecule has 2 rings (SSSR count). The van der Waals surface area contributed by atoms with Gasteiger partial charge in [0.25, 0.3) is 0 Å². The number of methoxy groups -OCH3 is 1. The number of carboxylic acid groups (broad SMARTS) is 1. The summed E-state index contributed by atoms with van der Waals surface area (Å²) < 4.78 is 7.42. The predicted octanol–water partition coefficient (Wildman–Crippen LogP) is 3.29. The van der Waals surface area contributed by atoms with Crippen molar-refractivity contribution in [2.45, 2.75) is 31.1 Å². The molecule has 1 N–H and O–H groups in total. The Morgan fingerprint density at radius 1 is 1.52 bits per heavy atom. The van der Waals surface area contributed by atoms with Crippen LogP contribution in [0.5, 0.6) is 0 Å². The van der Waals surface area contributed by atoms with E-state index in [1.165, 1.54) is 11.8 Å². The lowest BCUT2D eigenvalue weighted by Crippen LogP contribution is -2.29. The minimum absolute atomic E-state index is 0.0473. The number of thioether (sulfide) groups is 1. The zero-order valence-electron chi connectivity index (χ0n) is 12.1. The molecule has 0 aliphatic carbocycles. The van der Waals surface area contributed by atoms with Crippen molar-refractivity contribution >= 4 is 40.4 Å². The molecular weight excluding hydrogens is 312 g/mol. The Labute approximate surface area is 132 Å². The highest BCUT2D eigenvalue weighted by Gasteiger charge is 2.22. The van der Waals surface area contributed by atoms with Crippen LogP contribution in [0.1, 0.15) is 13.8 Å². The Morgan fingerprint density at radius 2 is 2.24 bits per heavy atom. The van der Waals surface area contributed by atoms with Gasteiger partial charge in [-0.3, -0.25) is 4.79 Å². The highest BCUT2D eigenvalue weighted by Crippen LogP contribution is 2.30. The number of hydrogen-bond acceptors (Lipinski definition) is 4. The first-order valence-electron chi connectivity index (χ1n) is 6.38. The first-order chi connectivity index (χ1) is 9.84. The summed E-state index contributed by atoms with van der Waals surface area (Å²) in [6, 6.07) is 5.55.